The minimum atomic E-state index is 0.661. The maximum atomic E-state index is 5.49. The van der Waals surface area contributed by atoms with Crippen molar-refractivity contribution in [3.63, 3.8) is 0 Å². The molecule has 0 amide bonds. The Morgan fingerprint density at radius 3 is 2.04 bits per heavy atom. The number of methoxy groups -OCH3 is 3. The van der Waals surface area contributed by atoms with Crippen molar-refractivity contribution in [2.24, 2.45) is 17.8 Å². The summed E-state index contributed by atoms with van der Waals surface area (Å²) in [5, 5.41) is 0. The Labute approximate surface area is 162 Å². The molecule has 148 valence electrons. The fourth-order valence-electron chi connectivity index (χ4n) is 5.05. The lowest BCUT2D eigenvalue weighted by Gasteiger charge is -2.37. The van der Waals surface area contributed by atoms with E-state index in [0.29, 0.717) is 5.75 Å². The second-order valence-corrected chi connectivity index (χ2v) is 8.15. The lowest BCUT2D eigenvalue weighted by atomic mass is 9.93. The van der Waals surface area contributed by atoms with E-state index in [1.54, 1.807) is 21.3 Å². The van der Waals surface area contributed by atoms with E-state index in [4.69, 9.17) is 14.2 Å². The average Bonchev–Trinajstić information content (AvgIpc) is 3.32. The van der Waals surface area contributed by atoms with Gasteiger partial charge in [-0.15, -0.1) is 0 Å². The SMILES string of the molecule is COc1cc(CN2CCN(C[C@@H]3C[C@H]4C=C[C@H]3C4)CC2)cc(OC)c1OC. The first-order valence-electron chi connectivity index (χ1n) is 10.1. The molecule has 1 saturated heterocycles. The van der Waals surface area contributed by atoms with E-state index < -0.39 is 0 Å². The van der Waals surface area contributed by atoms with Crippen LogP contribution >= 0.6 is 0 Å². The van der Waals surface area contributed by atoms with Gasteiger partial charge in [0.25, 0.3) is 0 Å². The molecule has 1 saturated carbocycles. The summed E-state index contributed by atoms with van der Waals surface area (Å²) < 4.78 is 16.4. The van der Waals surface area contributed by atoms with Gasteiger partial charge in [0.05, 0.1) is 21.3 Å². The van der Waals surface area contributed by atoms with Gasteiger partial charge in [-0.25, -0.2) is 0 Å². The van der Waals surface area contributed by atoms with Crippen LogP contribution in [-0.2, 0) is 6.54 Å². The van der Waals surface area contributed by atoms with E-state index in [0.717, 1.165) is 48.9 Å². The van der Waals surface area contributed by atoms with Crippen LogP contribution in [0.3, 0.4) is 0 Å². The minimum Gasteiger partial charge on any atom is -0.493 e. The van der Waals surface area contributed by atoms with Crippen molar-refractivity contribution in [1.29, 1.82) is 0 Å². The normalized spacial score (nSPS) is 27.9. The van der Waals surface area contributed by atoms with Crippen LogP contribution in [-0.4, -0.2) is 63.9 Å². The molecule has 2 aliphatic carbocycles. The van der Waals surface area contributed by atoms with Gasteiger partial charge < -0.3 is 19.1 Å². The quantitative estimate of drug-likeness (QED) is 0.687. The molecule has 0 spiro atoms. The van der Waals surface area contributed by atoms with Crippen LogP contribution in [0.15, 0.2) is 24.3 Å². The molecule has 1 aromatic rings. The Morgan fingerprint density at radius 1 is 0.852 bits per heavy atom. The highest BCUT2D eigenvalue weighted by Gasteiger charge is 2.36. The van der Waals surface area contributed by atoms with Crippen molar-refractivity contribution in [3.8, 4) is 17.2 Å². The highest BCUT2D eigenvalue weighted by molar-refractivity contribution is 5.53. The topological polar surface area (TPSA) is 34.2 Å². The number of ether oxygens (including phenoxy) is 3. The number of benzene rings is 1. The summed E-state index contributed by atoms with van der Waals surface area (Å²) in [4.78, 5) is 5.20. The van der Waals surface area contributed by atoms with Crippen LogP contribution in [0, 0.1) is 17.8 Å². The molecule has 3 atom stereocenters. The third kappa shape index (κ3) is 3.94. The molecule has 0 radical (unpaired) electrons. The van der Waals surface area contributed by atoms with Crippen LogP contribution < -0.4 is 14.2 Å². The Morgan fingerprint density at radius 2 is 1.52 bits per heavy atom. The van der Waals surface area contributed by atoms with E-state index in [9.17, 15) is 0 Å². The monoisotopic (exact) mass is 372 g/mol. The molecule has 0 N–H and O–H groups in total. The summed E-state index contributed by atoms with van der Waals surface area (Å²) in [5.74, 6) is 4.74. The number of rotatable bonds is 7. The van der Waals surface area contributed by atoms with Crippen molar-refractivity contribution in [3.05, 3.63) is 29.8 Å². The number of fused-ring (bicyclic) bond motifs is 2. The van der Waals surface area contributed by atoms with Gasteiger partial charge in [-0.3, -0.25) is 4.90 Å². The molecule has 0 aromatic heterocycles. The molecule has 2 bridgehead atoms. The van der Waals surface area contributed by atoms with Crippen LogP contribution in [0.1, 0.15) is 18.4 Å². The summed E-state index contributed by atoms with van der Waals surface area (Å²) in [5.41, 5.74) is 1.20. The van der Waals surface area contributed by atoms with E-state index in [1.807, 2.05) is 0 Å². The van der Waals surface area contributed by atoms with Crippen molar-refractivity contribution in [2.45, 2.75) is 19.4 Å². The maximum Gasteiger partial charge on any atom is 0.203 e. The van der Waals surface area contributed by atoms with Crippen LogP contribution in [0.2, 0.25) is 0 Å². The zero-order valence-electron chi connectivity index (χ0n) is 16.8. The standard InChI is InChI=1S/C22H32N2O3/c1-25-20-12-17(13-21(26-2)22(20)27-3)14-23-6-8-24(9-7-23)15-19-11-16-4-5-18(19)10-16/h4-5,12-13,16,18-19H,6-11,14-15H2,1-3H3/t16-,18-,19-/m0/s1. The fourth-order valence-corrected chi connectivity index (χ4v) is 5.05. The van der Waals surface area contributed by atoms with Crippen LogP contribution in [0.5, 0.6) is 17.2 Å². The smallest absolute Gasteiger partial charge is 0.203 e. The molecule has 3 aliphatic rings. The van der Waals surface area contributed by atoms with Gasteiger partial charge in [0.15, 0.2) is 11.5 Å². The van der Waals surface area contributed by atoms with Gasteiger partial charge in [-0.1, -0.05) is 12.2 Å². The highest BCUT2D eigenvalue weighted by Crippen LogP contribution is 2.43. The number of piperazine rings is 1. The third-order valence-electron chi connectivity index (χ3n) is 6.50. The van der Waals surface area contributed by atoms with Gasteiger partial charge in [0.1, 0.15) is 0 Å². The lowest BCUT2D eigenvalue weighted by molar-refractivity contribution is 0.108. The fraction of sp³-hybridized carbons (Fsp3) is 0.636. The summed E-state index contributed by atoms with van der Waals surface area (Å²) in [6.07, 6.45) is 7.73. The highest BCUT2D eigenvalue weighted by atomic mass is 16.5. The molecule has 5 heteroatoms. The second kappa shape index (κ2) is 8.11. The molecular formula is C22H32N2O3. The first-order valence-corrected chi connectivity index (χ1v) is 10.1. The zero-order valence-corrected chi connectivity index (χ0v) is 16.8. The lowest BCUT2D eigenvalue weighted by Crippen LogP contribution is -2.47. The van der Waals surface area contributed by atoms with E-state index >= 15 is 0 Å². The van der Waals surface area contributed by atoms with Crippen molar-refractivity contribution in [1.82, 2.24) is 9.80 Å². The van der Waals surface area contributed by atoms with Gasteiger partial charge >= 0.3 is 0 Å². The van der Waals surface area contributed by atoms with Gasteiger partial charge in [-0.05, 0) is 48.3 Å². The molecular weight excluding hydrogens is 340 g/mol. The van der Waals surface area contributed by atoms with Crippen molar-refractivity contribution in [2.75, 3.05) is 54.1 Å². The Bertz CT molecular complexity index is 657. The predicted octanol–water partition coefficient (Wildman–Crippen LogP) is 3.04. The van der Waals surface area contributed by atoms with Crippen LogP contribution in [0.4, 0.5) is 0 Å². The first-order chi connectivity index (χ1) is 13.2. The minimum absolute atomic E-state index is 0.661. The summed E-state index contributed by atoms with van der Waals surface area (Å²) in [6.45, 7) is 6.77. The molecule has 4 rings (SSSR count). The Balaban J connectivity index is 1.32. The molecule has 1 aliphatic heterocycles. The van der Waals surface area contributed by atoms with Gasteiger partial charge in [-0.2, -0.15) is 0 Å². The number of hydrogen-bond donors (Lipinski definition) is 0. The van der Waals surface area contributed by atoms with E-state index in [2.05, 4.69) is 34.1 Å². The summed E-state index contributed by atoms with van der Waals surface area (Å²) in [6, 6.07) is 4.13. The molecule has 5 nitrogen and oxygen atoms in total. The van der Waals surface area contributed by atoms with Gasteiger partial charge in [0, 0.05) is 39.3 Å². The number of nitrogens with zero attached hydrogens (tertiary/aromatic N) is 2. The van der Waals surface area contributed by atoms with E-state index in [-0.39, 0.29) is 0 Å². The average molecular weight is 373 g/mol. The first kappa shape index (κ1) is 18.6. The molecule has 27 heavy (non-hydrogen) atoms. The maximum absolute atomic E-state index is 5.49. The Kier molecular flexibility index (Phi) is 5.60. The largest absolute Gasteiger partial charge is 0.493 e. The van der Waals surface area contributed by atoms with Gasteiger partial charge in [0.2, 0.25) is 5.75 Å². The summed E-state index contributed by atoms with van der Waals surface area (Å²) >= 11 is 0. The zero-order chi connectivity index (χ0) is 18.8. The molecule has 1 aromatic carbocycles. The number of allylic oxidation sites excluding steroid dienone is 2. The van der Waals surface area contributed by atoms with E-state index in [1.165, 1.54) is 38.0 Å². The van der Waals surface area contributed by atoms with Crippen molar-refractivity contribution < 1.29 is 14.2 Å². The molecule has 1 heterocycles. The van der Waals surface area contributed by atoms with Crippen molar-refractivity contribution >= 4 is 0 Å². The predicted molar refractivity (Wildman–Crippen MR) is 107 cm³/mol. The second-order valence-electron chi connectivity index (χ2n) is 8.15. The third-order valence-corrected chi connectivity index (χ3v) is 6.50. The number of hydrogen-bond acceptors (Lipinski definition) is 5. The molecule has 0 unspecified atom stereocenters. The molecule has 2 fully saturated rings. The van der Waals surface area contributed by atoms with Crippen LogP contribution in [0.25, 0.3) is 0 Å². The Hall–Kier alpha value is -1.72. The summed E-state index contributed by atoms with van der Waals surface area (Å²) in [7, 11) is 4.99.